The average molecular weight is 388 g/mol. The summed E-state index contributed by atoms with van der Waals surface area (Å²) in [6.45, 7) is 2.18. The van der Waals surface area contributed by atoms with Crippen molar-refractivity contribution in [3.8, 4) is 11.5 Å². The smallest absolute Gasteiger partial charge is 0.256 e. The van der Waals surface area contributed by atoms with Crippen LogP contribution in [0.3, 0.4) is 0 Å². The van der Waals surface area contributed by atoms with Crippen molar-refractivity contribution in [2.45, 2.75) is 32.6 Å². The highest BCUT2D eigenvalue weighted by Gasteiger charge is 2.28. The third-order valence-electron chi connectivity index (χ3n) is 5.03. The second kappa shape index (κ2) is 8.00. The summed E-state index contributed by atoms with van der Waals surface area (Å²) in [5.74, 6) is 0.821. The number of methoxy groups -OCH3 is 2. The molecule has 6 nitrogen and oxygen atoms in total. The summed E-state index contributed by atoms with van der Waals surface area (Å²) in [5.41, 5.74) is 7.47. The number of carbonyl (C=O) groups excluding carboxylic acids is 2. The first-order valence-electron chi connectivity index (χ1n) is 8.95. The fourth-order valence-electron chi connectivity index (χ4n) is 3.47. The van der Waals surface area contributed by atoms with Gasteiger partial charge in [-0.05, 0) is 42.9 Å². The predicted molar refractivity (Wildman–Crippen MR) is 106 cm³/mol. The molecule has 1 aliphatic rings. The Morgan fingerprint density at radius 3 is 2.44 bits per heavy atom. The Balaban J connectivity index is 1.93. The van der Waals surface area contributed by atoms with Crippen molar-refractivity contribution in [2.24, 2.45) is 11.7 Å². The van der Waals surface area contributed by atoms with Crippen molar-refractivity contribution in [2.75, 3.05) is 19.5 Å². The second-order valence-corrected chi connectivity index (χ2v) is 7.75. The molecule has 0 saturated carbocycles. The number of nitrogens with two attached hydrogens (primary N) is 1. The van der Waals surface area contributed by atoms with Gasteiger partial charge in [0.25, 0.3) is 11.8 Å². The number of primary amides is 1. The minimum atomic E-state index is -0.499. The minimum Gasteiger partial charge on any atom is -0.497 e. The molecule has 1 aromatic heterocycles. The number of nitrogens with one attached hydrogen (secondary N) is 1. The molecule has 1 aromatic carbocycles. The molecule has 0 bridgehead atoms. The number of hydrogen-bond acceptors (Lipinski definition) is 5. The highest BCUT2D eigenvalue weighted by atomic mass is 32.1. The molecule has 0 radical (unpaired) electrons. The number of thiophene rings is 1. The first kappa shape index (κ1) is 19.2. The summed E-state index contributed by atoms with van der Waals surface area (Å²) in [4.78, 5) is 26.0. The topological polar surface area (TPSA) is 90.7 Å². The summed E-state index contributed by atoms with van der Waals surface area (Å²) in [7, 11) is 3.05. The summed E-state index contributed by atoms with van der Waals surface area (Å²) in [6.07, 6.45) is 3.90. The van der Waals surface area contributed by atoms with Crippen LogP contribution in [0.2, 0.25) is 0 Å². The van der Waals surface area contributed by atoms with Crippen LogP contribution in [0.25, 0.3) is 0 Å². The molecule has 2 amide bonds. The van der Waals surface area contributed by atoms with Gasteiger partial charge in [0, 0.05) is 16.5 Å². The highest BCUT2D eigenvalue weighted by Crippen LogP contribution is 2.40. The highest BCUT2D eigenvalue weighted by molar-refractivity contribution is 7.17. The molecule has 1 atom stereocenters. The molecule has 0 fully saturated rings. The van der Waals surface area contributed by atoms with E-state index in [1.807, 2.05) is 0 Å². The minimum absolute atomic E-state index is 0.333. The first-order chi connectivity index (χ1) is 13.0. The largest absolute Gasteiger partial charge is 0.497 e. The van der Waals surface area contributed by atoms with Crippen LogP contribution in [0.5, 0.6) is 11.5 Å². The van der Waals surface area contributed by atoms with E-state index in [4.69, 9.17) is 15.2 Å². The van der Waals surface area contributed by atoms with E-state index in [0.717, 1.165) is 36.1 Å². The molecule has 7 heteroatoms. The number of ether oxygens (including phenoxy) is 2. The van der Waals surface area contributed by atoms with Crippen LogP contribution in [-0.4, -0.2) is 26.0 Å². The van der Waals surface area contributed by atoms with Gasteiger partial charge >= 0.3 is 0 Å². The zero-order valence-corrected chi connectivity index (χ0v) is 16.6. The van der Waals surface area contributed by atoms with E-state index in [0.29, 0.717) is 33.5 Å². The maximum atomic E-state index is 12.8. The maximum Gasteiger partial charge on any atom is 0.256 e. The second-order valence-electron chi connectivity index (χ2n) is 6.64. The Labute approximate surface area is 162 Å². The number of carbonyl (C=O) groups is 2. The van der Waals surface area contributed by atoms with Gasteiger partial charge in [-0.15, -0.1) is 11.3 Å². The normalized spacial score (nSPS) is 15.7. The van der Waals surface area contributed by atoms with Crippen LogP contribution in [0, 0.1) is 5.92 Å². The summed E-state index contributed by atoms with van der Waals surface area (Å²) < 4.78 is 10.4. The van der Waals surface area contributed by atoms with Gasteiger partial charge in [-0.25, -0.2) is 0 Å². The Morgan fingerprint density at radius 1 is 1.22 bits per heavy atom. The van der Waals surface area contributed by atoms with Crippen molar-refractivity contribution >= 4 is 28.2 Å². The zero-order chi connectivity index (χ0) is 19.6. The molecule has 0 aliphatic heterocycles. The lowest BCUT2D eigenvalue weighted by molar-refractivity contribution is 0.1000. The van der Waals surface area contributed by atoms with E-state index in [1.165, 1.54) is 25.6 Å². The van der Waals surface area contributed by atoms with Crippen molar-refractivity contribution in [1.29, 1.82) is 0 Å². The lowest BCUT2D eigenvalue weighted by Gasteiger charge is -2.20. The van der Waals surface area contributed by atoms with Gasteiger partial charge in [0.1, 0.15) is 16.5 Å². The molecule has 2 aromatic rings. The van der Waals surface area contributed by atoms with Crippen LogP contribution in [-0.2, 0) is 12.8 Å². The van der Waals surface area contributed by atoms with Crippen LogP contribution < -0.4 is 20.5 Å². The molecule has 0 unspecified atom stereocenters. The van der Waals surface area contributed by atoms with Crippen LogP contribution in [0.1, 0.15) is 50.9 Å². The molecule has 27 heavy (non-hydrogen) atoms. The molecule has 3 rings (SSSR count). The van der Waals surface area contributed by atoms with Gasteiger partial charge in [-0.2, -0.15) is 0 Å². The Hall–Kier alpha value is -2.54. The summed E-state index contributed by atoms with van der Waals surface area (Å²) >= 11 is 1.46. The van der Waals surface area contributed by atoms with Gasteiger partial charge in [0.05, 0.1) is 19.8 Å². The molecule has 144 valence electrons. The molecule has 1 aliphatic carbocycles. The number of amides is 2. The summed E-state index contributed by atoms with van der Waals surface area (Å²) in [6, 6.07) is 4.95. The SMILES string of the molecule is CC[C@@H]1CCc2c(sc(NC(=O)c3cc(OC)cc(OC)c3)c2C(N)=O)C1. The van der Waals surface area contributed by atoms with Gasteiger partial charge in [0.2, 0.25) is 0 Å². The number of hydrogen-bond donors (Lipinski definition) is 2. The van der Waals surface area contributed by atoms with E-state index >= 15 is 0 Å². The van der Waals surface area contributed by atoms with Crippen LogP contribution in [0.4, 0.5) is 5.00 Å². The van der Waals surface area contributed by atoms with E-state index in [2.05, 4.69) is 12.2 Å². The summed E-state index contributed by atoms with van der Waals surface area (Å²) in [5, 5.41) is 3.39. The molecule has 0 spiro atoms. The third kappa shape index (κ3) is 3.93. The van der Waals surface area contributed by atoms with Crippen molar-refractivity contribution in [3.63, 3.8) is 0 Å². The monoisotopic (exact) mass is 388 g/mol. The number of fused-ring (bicyclic) bond motifs is 1. The lowest BCUT2D eigenvalue weighted by Crippen LogP contribution is -2.19. The predicted octanol–water partition coefficient (Wildman–Crippen LogP) is 3.63. The fraction of sp³-hybridized carbons (Fsp3) is 0.400. The molecular formula is C20H24N2O4S. The van der Waals surface area contributed by atoms with E-state index in [-0.39, 0.29) is 5.91 Å². The van der Waals surface area contributed by atoms with E-state index < -0.39 is 5.91 Å². The molecular weight excluding hydrogens is 364 g/mol. The average Bonchev–Trinajstić information content (AvgIpc) is 3.04. The third-order valence-corrected chi connectivity index (χ3v) is 6.20. The quantitative estimate of drug-likeness (QED) is 0.791. The van der Waals surface area contributed by atoms with Gasteiger partial charge in [-0.3, -0.25) is 9.59 Å². The van der Waals surface area contributed by atoms with E-state index in [1.54, 1.807) is 18.2 Å². The van der Waals surface area contributed by atoms with Crippen molar-refractivity contribution < 1.29 is 19.1 Å². The molecule has 3 N–H and O–H groups in total. The van der Waals surface area contributed by atoms with Gasteiger partial charge < -0.3 is 20.5 Å². The van der Waals surface area contributed by atoms with Crippen LogP contribution >= 0.6 is 11.3 Å². The number of anilines is 1. The molecule has 1 heterocycles. The lowest BCUT2D eigenvalue weighted by atomic mass is 9.85. The maximum absolute atomic E-state index is 12.8. The van der Waals surface area contributed by atoms with Crippen molar-refractivity contribution in [1.82, 2.24) is 0 Å². The Bertz CT molecular complexity index is 853. The fourth-order valence-corrected chi connectivity index (χ4v) is 4.83. The zero-order valence-electron chi connectivity index (χ0n) is 15.8. The standard InChI is InChI=1S/C20H24N2O4S/c1-4-11-5-6-15-16(7-11)27-20(17(15)18(21)23)22-19(24)12-8-13(25-2)10-14(9-12)26-3/h8-11H,4-7H2,1-3H3,(H2,21,23)(H,22,24)/t11-/m1/s1. The van der Waals surface area contributed by atoms with Gasteiger partial charge in [-0.1, -0.05) is 13.3 Å². The first-order valence-corrected chi connectivity index (χ1v) is 9.77. The Morgan fingerprint density at radius 2 is 1.89 bits per heavy atom. The van der Waals surface area contributed by atoms with E-state index in [9.17, 15) is 9.59 Å². The Kier molecular flexibility index (Phi) is 5.70. The molecule has 0 saturated heterocycles. The number of rotatable bonds is 6. The van der Waals surface area contributed by atoms with Crippen molar-refractivity contribution in [3.05, 3.63) is 39.8 Å². The van der Waals surface area contributed by atoms with Gasteiger partial charge in [0.15, 0.2) is 0 Å². The number of benzene rings is 1. The van der Waals surface area contributed by atoms with Crippen LogP contribution in [0.15, 0.2) is 18.2 Å².